The molecule has 0 spiro atoms. The molecule has 1 aromatic carbocycles. The summed E-state index contributed by atoms with van der Waals surface area (Å²) in [6, 6.07) is 10.7. The van der Waals surface area contributed by atoms with Crippen LogP contribution in [-0.4, -0.2) is 67.1 Å². The number of carbonyl (C=O) groups is 2. The Hall–Kier alpha value is -3.17. The fourth-order valence-corrected chi connectivity index (χ4v) is 3.45. The number of cyclic esters (lactones) is 1. The Kier molecular flexibility index (Phi) is 9.86. The lowest BCUT2D eigenvalue weighted by atomic mass is 10.2. The zero-order valence-corrected chi connectivity index (χ0v) is 20.4. The van der Waals surface area contributed by atoms with Gasteiger partial charge in [-0.3, -0.25) is 4.79 Å². The molecule has 35 heavy (non-hydrogen) atoms. The highest BCUT2D eigenvalue weighted by Crippen LogP contribution is 2.30. The van der Waals surface area contributed by atoms with Crippen LogP contribution in [0.2, 0.25) is 0 Å². The second kappa shape index (κ2) is 13.1. The van der Waals surface area contributed by atoms with Crippen LogP contribution in [0.1, 0.15) is 42.2 Å². The molecule has 0 radical (unpaired) electrons. The summed E-state index contributed by atoms with van der Waals surface area (Å²) in [5.41, 5.74) is 1.08. The van der Waals surface area contributed by atoms with E-state index in [9.17, 15) is 14.7 Å². The Bertz CT molecular complexity index is 965. The lowest BCUT2D eigenvalue weighted by Gasteiger charge is -2.20. The van der Waals surface area contributed by atoms with Gasteiger partial charge in [-0.05, 0) is 32.6 Å². The molecule has 1 amide bonds. The number of aryl methyl sites for hydroxylation is 1. The Morgan fingerprint density at radius 2 is 1.94 bits per heavy atom. The fourth-order valence-electron chi connectivity index (χ4n) is 3.45. The van der Waals surface area contributed by atoms with Gasteiger partial charge in [-0.2, -0.15) is 0 Å². The van der Waals surface area contributed by atoms with Gasteiger partial charge >= 0.3 is 5.97 Å². The number of aromatic nitrogens is 1. The Labute approximate surface area is 205 Å². The number of aromatic hydroxyl groups is 1. The minimum atomic E-state index is -1.02. The van der Waals surface area contributed by atoms with Crippen LogP contribution < -0.4 is 10.1 Å². The summed E-state index contributed by atoms with van der Waals surface area (Å²) in [4.78, 5) is 28.8. The van der Waals surface area contributed by atoms with E-state index in [2.05, 4.69) is 29.4 Å². The molecule has 1 saturated carbocycles. The highest BCUT2D eigenvalue weighted by atomic mass is 16.6. The largest absolute Gasteiger partial charge is 0.503 e. The molecule has 190 valence electrons. The van der Waals surface area contributed by atoms with Crippen LogP contribution in [0.3, 0.4) is 0 Å². The van der Waals surface area contributed by atoms with Crippen molar-refractivity contribution in [2.24, 2.45) is 5.92 Å². The summed E-state index contributed by atoms with van der Waals surface area (Å²) >= 11 is 0. The van der Waals surface area contributed by atoms with Crippen LogP contribution in [-0.2, 0) is 19.0 Å². The van der Waals surface area contributed by atoms with E-state index in [1.165, 1.54) is 37.8 Å². The first-order chi connectivity index (χ1) is 16.9. The van der Waals surface area contributed by atoms with Crippen LogP contribution in [0.4, 0.5) is 0 Å². The Morgan fingerprint density at radius 3 is 2.57 bits per heavy atom. The standard InChI is InChI=1S/C19H26N2O7.C7H8/c1-11-7-13(27-8-12-3-4-12)9-26-10-14(19(24)28-11)21-18(23)16-17(22)15(25-2)5-6-20-16;1-7-5-3-2-4-6-7/h5-6,11-14,22H,3-4,7-10H2,1-2H3,(H,21,23);2-6H,1H3/t11?,13?,14-;/m0./s1. The molecule has 1 aliphatic carbocycles. The van der Waals surface area contributed by atoms with Gasteiger partial charge in [0.2, 0.25) is 0 Å². The first kappa shape index (κ1) is 26.4. The summed E-state index contributed by atoms with van der Waals surface area (Å²) in [5.74, 6) is -0.999. The SMILES string of the molecule is COc1ccnc(C(=O)N[C@H]2COCC(OCC3CC3)CC(C)OC2=O)c1O.Cc1ccccc1. The number of benzene rings is 1. The smallest absolute Gasteiger partial charge is 0.331 e. The van der Waals surface area contributed by atoms with Gasteiger partial charge in [0, 0.05) is 25.3 Å². The number of nitrogens with zero attached hydrogens (tertiary/aromatic N) is 1. The van der Waals surface area contributed by atoms with Crippen molar-refractivity contribution in [3.8, 4) is 11.5 Å². The first-order valence-electron chi connectivity index (χ1n) is 11.8. The molecule has 2 unspecified atom stereocenters. The van der Waals surface area contributed by atoms with Crippen molar-refractivity contribution in [3.63, 3.8) is 0 Å². The van der Waals surface area contributed by atoms with Gasteiger partial charge in [0.05, 0.1) is 26.4 Å². The Morgan fingerprint density at radius 1 is 1.20 bits per heavy atom. The van der Waals surface area contributed by atoms with Gasteiger partial charge in [0.1, 0.15) is 6.10 Å². The van der Waals surface area contributed by atoms with Gasteiger partial charge in [0.15, 0.2) is 23.2 Å². The van der Waals surface area contributed by atoms with E-state index in [4.69, 9.17) is 18.9 Å². The van der Waals surface area contributed by atoms with Crippen molar-refractivity contribution >= 4 is 11.9 Å². The van der Waals surface area contributed by atoms with E-state index in [1.54, 1.807) is 6.92 Å². The van der Waals surface area contributed by atoms with Crippen molar-refractivity contribution in [1.29, 1.82) is 0 Å². The first-order valence-corrected chi connectivity index (χ1v) is 11.8. The normalized spacial score (nSPS) is 22.4. The molecule has 9 heteroatoms. The number of hydrogen-bond acceptors (Lipinski definition) is 8. The predicted octanol–water partition coefficient (Wildman–Crippen LogP) is 3.04. The predicted molar refractivity (Wildman–Crippen MR) is 128 cm³/mol. The third-order valence-electron chi connectivity index (χ3n) is 5.62. The van der Waals surface area contributed by atoms with E-state index in [-0.39, 0.29) is 30.3 Å². The molecule has 4 rings (SSSR count). The number of rotatable bonds is 6. The molecule has 2 aliphatic rings. The van der Waals surface area contributed by atoms with Gasteiger partial charge in [-0.15, -0.1) is 0 Å². The van der Waals surface area contributed by atoms with Crippen molar-refractivity contribution in [2.45, 2.75) is 51.4 Å². The van der Waals surface area contributed by atoms with Crippen molar-refractivity contribution in [1.82, 2.24) is 10.3 Å². The number of carbonyl (C=O) groups excluding carboxylic acids is 2. The van der Waals surface area contributed by atoms with Crippen molar-refractivity contribution < 1.29 is 33.6 Å². The molecular formula is C26H34N2O7. The van der Waals surface area contributed by atoms with Crippen LogP contribution in [0.5, 0.6) is 11.5 Å². The van der Waals surface area contributed by atoms with Gasteiger partial charge in [-0.1, -0.05) is 35.9 Å². The monoisotopic (exact) mass is 486 g/mol. The van der Waals surface area contributed by atoms with E-state index >= 15 is 0 Å². The summed E-state index contributed by atoms with van der Waals surface area (Å²) < 4.78 is 21.9. The minimum Gasteiger partial charge on any atom is -0.503 e. The maximum Gasteiger partial charge on any atom is 0.331 e. The molecular weight excluding hydrogens is 452 g/mol. The van der Waals surface area contributed by atoms with Crippen LogP contribution in [0.15, 0.2) is 42.6 Å². The van der Waals surface area contributed by atoms with Crippen LogP contribution in [0.25, 0.3) is 0 Å². The molecule has 2 heterocycles. The molecule has 2 N–H and O–H groups in total. The lowest BCUT2D eigenvalue weighted by molar-refractivity contribution is -0.151. The van der Waals surface area contributed by atoms with Gasteiger partial charge < -0.3 is 29.4 Å². The fraction of sp³-hybridized carbons (Fsp3) is 0.500. The van der Waals surface area contributed by atoms with E-state index in [0.29, 0.717) is 25.6 Å². The molecule has 9 nitrogen and oxygen atoms in total. The maximum absolute atomic E-state index is 12.5. The van der Waals surface area contributed by atoms with Gasteiger partial charge in [0.25, 0.3) is 5.91 Å². The minimum absolute atomic E-state index is 0.0642. The topological polar surface area (TPSA) is 116 Å². The third-order valence-corrected chi connectivity index (χ3v) is 5.62. The zero-order chi connectivity index (χ0) is 25.2. The van der Waals surface area contributed by atoms with E-state index in [1.807, 2.05) is 18.2 Å². The molecule has 1 aromatic heterocycles. The summed E-state index contributed by atoms with van der Waals surface area (Å²) in [6.07, 6.45) is 3.70. The second-order valence-electron chi connectivity index (χ2n) is 8.81. The molecule has 2 aromatic rings. The number of hydrogen-bond donors (Lipinski definition) is 2. The number of amides is 1. The quantitative estimate of drug-likeness (QED) is 0.599. The van der Waals surface area contributed by atoms with Crippen molar-refractivity contribution in [2.75, 3.05) is 26.9 Å². The molecule has 1 aliphatic heterocycles. The average Bonchev–Trinajstić information content (AvgIpc) is 3.66. The van der Waals surface area contributed by atoms with Gasteiger partial charge in [-0.25, -0.2) is 9.78 Å². The highest BCUT2D eigenvalue weighted by molar-refractivity contribution is 5.98. The molecule has 3 atom stereocenters. The van der Waals surface area contributed by atoms with E-state index in [0.717, 1.165) is 0 Å². The number of esters is 1. The zero-order valence-electron chi connectivity index (χ0n) is 20.4. The number of nitrogens with one attached hydrogen (secondary N) is 1. The molecule has 0 bridgehead atoms. The molecule has 2 fully saturated rings. The number of pyridine rings is 1. The third kappa shape index (κ3) is 8.52. The lowest BCUT2D eigenvalue weighted by Crippen LogP contribution is -2.45. The van der Waals surface area contributed by atoms with Crippen LogP contribution >= 0.6 is 0 Å². The van der Waals surface area contributed by atoms with Crippen LogP contribution in [0, 0.1) is 12.8 Å². The molecule has 1 saturated heterocycles. The average molecular weight is 487 g/mol. The van der Waals surface area contributed by atoms with Crippen molar-refractivity contribution in [3.05, 3.63) is 53.9 Å². The van der Waals surface area contributed by atoms with E-state index < -0.39 is 23.7 Å². The number of ether oxygens (including phenoxy) is 4. The maximum atomic E-state index is 12.5. The summed E-state index contributed by atoms with van der Waals surface area (Å²) in [6.45, 7) is 4.80. The second-order valence-corrected chi connectivity index (χ2v) is 8.81. The Balaban J connectivity index is 0.000000420. The summed E-state index contributed by atoms with van der Waals surface area (Å²) in [7, 11) is 1.36. The summed E-state index contributed by atoms with van der Waals surface area (Å²) in [5, 5.41) is 12.6. The highest BCUT2D eigenvalue weighted by Gasteiger charge is 2.31. The number of methoxy groups -OCH3 is 1.